The maximum atomic E-state index is 5.86. The van der Waals surface area contributed by atoms with Gasteiger partial charge >= 0.3 is 0 Å². The molecule has 1 saturated carbocycles. The van der Waals surface area contributed by atoms with E-state index in [4.69, 9.17) is 10.5 Å². The second kappa shape index (κ2) is 4.97. The van der Waals surface area contributed by atoms with Gasteiger partial charge in [-0.3, -0.25) is 4.68 Å². The molecule has 1 aromatic heterocycles. The van der Waals surface area contributed by atoms with Crippen LogP contribution in [-0.2, 0) is 24.8 Å². The summed E-state index contributed by atoms with van der Waals surface area (Å²) < 4.78 is 7.77. The van der Waals surface area contributed by atoms with Crippen molar-refractivity contribution in [1.82, 2.24) is 9.78 Å². The minimum absolute atomic E-state index is 0.336. The molecule has 0 spiro atoms. The average molecular weight is 223 g/mol. The lowest BCUT2D eigenvalue weighted by Crippen LogP contribution is -2.17. The predicted octanol–water partition coefficient (Wildman–Crippen LogP) is 1.38. The van der Waals surface area contributed by atoms with E-state index in [9.17, 15) is 0 Å². The van der Waals surface area contributed by atoms with Crippen molar-refractivity contribution in [2.24, 2.45) is 12.8 Å². The van der Waals surface area contributed by atoms with Crippen molar-refractivity contribution >= 4 is 0 Å². The van der Waals surface area contributed by atoms with Gasteiger partial charge in [-0.15, -0.1) is 0 Å². The minimum Gasteiger partial charge on any atom is -0.372 e. The number of nitrogens with zero attached hydrogens (tertiary/aromatic N) is 2. The molecule has 4 nitrogen and oxygen atoms in total. The number of nitrogens with two attached hydrogens (primary N) is 1. The fraction of sp³-hybridized carbons (Fsp3) is 0.750. The van der Waals surface area contributed by atoms with E-state index in [1.54, 1.807) is 0 Å². The molecule has 2 unspecified atom stereocenters. The number of hydrogen-bond donors (Lipinski definition) is 1. The molecule has 4 heteroatoms. The van der Waals surface area contributed by atoms with Crippen LogP contribution in [0.3, 0.4) is 0 Å². The van der Waals surface area contributed by atoms with Crippen molar-refractivity contribution in [3.8, 4) is 0 Å². The van der Waals surface area contributed by atoms with E-state index < -0.39 is 0 Å². The highest BCUT2D eigenvalue weighted by atomic mass is 16.5. The Hall–Kier alpha value is -0.870. The third-order valence-corrected chi connectivity index (χ3v) is 3.28. The molecule has 0 amide bonds. The van der Waals surface area contributed by atoms with Crippen LogP contribution in [0.15, 0.2) is 6.07 Å². The zero-order valence-corrected chi connectivity index (χ0v) is 10.1. The second-order valence-electron chi connectivity index (χ2n) is 4.61. The van der Waals surface area contributed by atoms with Crippen LogP contribution in [0.25, 0.3) is 0 Å². The topological polar surface area (TPSA) is 53.1 Å². The lowest BCUT2D eigenvalue weighted by atomic mass is 10.3. The highest BCUT2D eigenvalue weighted by molar-refractivity contribution is 5.09. The first-order valence-corrected chi connectivity index (χ1v) is 6.08. The van der Waals surface area contributed by atoms with Gasteiger partial charge in [0, 0.05) is 13.1 Å². The van der Waals surface area contributed by atoms with Crippen LogP contribution < -0.4 is 5.73 Å². The van der Waals surface area contributed by atoms with E-state index in [1.165, 1.54) is 0 Å². The Morgan fingerprint density at radius 3 is 2.94 bits per heavy atom. The van der Waals surface area contributed by atoms with E-state index in [2.05, 4.69) is 18.1 Å². The van der Waals surface area contributed by atoms with Crippen LogP contribution in [0.4, 0.5) is 0 Å². The van der Waals surface area contributed by atoms with Gasteiger partial charge in [0.2, 0.25) is 0 Å². The minimum atomic E-state index is 0.336. The molecule has 2 atom stereocenters. The Kier molecular flexibility index (Phi) is 3.61. The number of aromatic nitrogens is 2. The Morgan fingerprint density at radius 1 is 1.56 bits per heavy atom. The number of ether oxygens (including phenoxy) is 1. The fourth-order valence-corrected chi connectivity index (χ4v) is 2.21. The van der Waals surface area contributed by atoms with E-state index in [0.717, 1.165) is 37.1 Å². The lowest BCUT2D eigenvalue weighted by Gasteiger charge is -2.11. The summed E-state index contributed by atoms with van der Waals surface area (Å²) in [6.45, 7) is 2.77. The van der Waals surface area contributed by atoms with Crippen LogP contribution in [0, 0.1) is 0 Å². The molecule has 16 heavy (non-hydrogen) atoms. The molecule has 1 heterocycles. The number of hydrogen-bond acceptors (Lipinski definition) is 3. The predicted molar refractivity (Wildman–Crippen MR) is 63.0 cm³/mol. The Balaban J connectivity index is 1.86. The second-order valence-corrected chi connectivity index (χ2v) is 4.61. The standard InChI is InChI=1S/C12H21N3O/c1-3-10-7-11(15(2)14-10)8-16-12-5-4-9(13)6-12/h7,9,12H,3-6,8,13H2,1-2H3. The zero-order chi connectivity index (χ0) is 11.5. The van der Waals surface area contributed by atoms with Crippen LogP contribution in [0.5, 0.6) is 0 Å². The SMILES string of the molecule is CCc1cc(COC2CCC(N)C2)n(C)n1. The Morgan fingerprint density at radius 2 is 2.38 bits per heavy atom. The largest absolute Gasteiger partial charge is 0.372 e. The van der Waals surface area contributed by atoms with Gasteiger partial charge in [0.15, 0.2) is 0 Å². The van der Waals surface area contributed by atoms with Crippen molar-refractivity contribution < 1.29 is 4.74 Å². The third kappa shape index (κ3) is 2.62. The molecule has 2 rings (SSSR count). The Labute approximate surface area is 96.8 Å². The number of aryl methyl sites for hydroxylation is 2. The van der Waals surface area contributed by atoms with Crippen LogP contribution in [0.2, 0.25) is 0 Å². The molecule has 1 aromatic rings. The summed E-state index contributed by atoms with van der Waals surface area (Å²) in [6.07, 6.45) is 4.51. The summed E-state index contributed by atoms with van der Waals surface area (Å²) in [5.41, 5.74) is 8.13. The Bertz CT molecular complexity index is 348. The molecule has 90 valence electrons. The highest BCUT2D eigenvalue weighted by Gasteiger charge is 2.22. The first-order chi connectivity index (χ1) is 7.69. The molecule has 0 aromatic carbocycles. The maximum absolute atomic E-state index is 5.86. The monoisotopic (exact) mass is 223 g/mol. The smallest absolute Gasteiger partial charge is 0.0888 e. The molecule has 0 aliphatic heterocycles. The molecule has 0 saturated heterocycles. The van der Waals surface area contributed by atoms with Crippen molar-refractivity contribution in [2.45, 2.75) is 51.4 Å². The summed E-state index contributed by atoms with van der Waals surface area (Å²) in [5.74, 6) is 0. The first-order valence-electron chi connectivity index (χ1n) is 6.08. The molecular weight excluding hydrogens is 202 g/mol. The average Bonchev–Trinajstić information content (AvgIpc) is 2.82. The molecule has 1 aliphatic rings. The van der Waals surface area contributed by atoms with Crippen molar-refractivity contribution in [1.29, 1.82) is 0 Å². The van der Waals surface area contributed by atoms with E-state index in [1.807, 2.05) is 11.7 Å². The van der Waals surface area contributed by atoms with Crippen LogP contribution in [-0.4, -0.2) is 21.9 Å². The van der Waals surface area contributed by atoms with Crippen molar-refractivity contribution in [2.75, 3.05) is 0 Å². The van der Waals surface area contributed by atoms with Gasteiger partial charge in [-0.05, 0) is 31.7 Å². The van der Waals surface area contributed by atoms with Gasteiger partial charge in [0.25, 0.3) is 0 Å². The summed E-state index contributed by atoms with van der Waals surface area (Å²) in [6, 6.07) is 2.46. The normalized spacial score (nSPS) is 25.2. The van der Waals surface area contributed by atoms with Gasteiger partial charge in [0.05, 0.1) is 24.1 Å². The fourth-order valence-electron chi connectivity index (χ4n) is 2.21. The van der Waals surface area contributed by atoms with E-state index in [0.29, 0.717) is 18.8 Å². The number of rotatable bonds is 4. The van der Waals surface area contributed by atoms with Crippen molar-refractivity contribution in [3.05, 3.63) is 17.5 Å². The maximum Gasteiger partial charge on any atom is 0.0888 e. The first kappa shape index (κ1) is 11.6. The van der Waals surface area contributed by atoms with Crippen LogP contribution in [0.1, 0.15) is 37.6 Å². The van der Waals surface area contributed by atoms with Crippen molar-refractivity contribution in [3.63, 3.8) is 0 Å². The van der Waals surface area contributed by atoms with Gasteiger partial charge < -0.3 is 10.5 Å². The molecule has 0 bridgehead atoms. The third-order valence-electron chi connectivity index (χ3n) is 3.28. The summed E-state index contributed by atoms with van der Waals surface area (Å²) in [5, 5.41) is 4.40. The molecule has 1 fully saturated rings. The lowest BCUT2D eigenvalue weighted by molar-refractivity contribution is 0.0412. The molecule has 0 radical (unpaired) electrons. The summed E-state index contributed by atoms with van der Waals surface area (Å²) in [7, 11) is 1.97. The molecular formula is C12H21N3O. The van der Waals surface area contributed by atoms with Gasteiger partial charge in [-0.1, -0.05) is 6.92 Å². The highest BCUT2D eigenvalue weighted by Crippen LogP contribution is 2.21. The van der Waals surface area contributed by atoms with E-state index >= 15 is 0 Å². The van der Waals surface area contributed by atoms with Gasteiger partial charge in [-0.25, -0.2) is 0 Å². The summed E-state index contributed by atoms with van der Waals surface area (Å²) >= 11 is 0. The van der Waals surface area contributed by atoms with Gasteiger partial charge in [-0.2, -0.15) is 5.10 Å². The summed E-state index contributed by atoms with van der Waals surface area (Å²) in [4.78, 5) is 0. The quantitative estimate of drug-likeness (QED) is 0.839. The zero-order valence-electron chi connectivity index (χ0n) is 10.1. The molecule has 2 N–H and O–H groups in total. The van der Waals surface area contributed by atoms with E-state index in [-0.39, 0.29) is 0 Å². The van der Waals surface area contributed by atoms with Crippen LogP contribution >= 0.6 is 0 Å². The van der Waals surface area contributed by atoms with Gasteiger partial charge in [0.1, 0.15) is 0 Å². The molecule has 1 aliphatic carbocycles.